The SMILES string of the molecule is Fc1c(Br)ccc2c1OC=CC2. The molecule has 0 aromatic heterocycles. The predicted molar refractivity (Wildman–Crippen MR) is 47.6 cm³/mol. The Morgan fingerprint density at radius 3 is 3.08 bits per heavy atom. The first kappa shape index (κ1) is 7.80. The molecule has 2 rings (SSSR count). The van der Waals surface area contributed by atoms with Gasteiger partial charge in [0.25, 0.3) is 0 Å². The molecule has 1 aromatic carbocycles. The average Bonchev–Trinajstić information content (AvgIpc) is 2.12. The first-order valence-corrected chi connectivity index (χ1v) is 4.37. The number of allylic oxidation sites excluding steroid dienone is 1. The van der Waals surface area contributed by atoms with E-state index in [0.717, 1.165) is 12.0 Å². The molecule has 0 aliphatic carbocycles. The Labute approximate surface area is 78.0 Å². The third kappa shape index (κ3) is 1.14. The molecule has 0 atom stereocenters. The number of benzene rings is 1. The summed E-state index contributed by atoms with van der Waals surface area (Å²) in [6, 6.07) is 3.54. The number of hydrogen-bond acceptors (Lipinski definition) is 1. The molecular formula is C9H6BrFO. The first-order valence-electron chi connectivity index (χ1n) is 3.57. The number of fused-ring (bicyclic) bond motifs is 1. The largest absolute Gasteiger partial charge is 0.462 e. The van der Waals surface area contributed by atoms with Gasteiger partial charge in [0, 0.05) is 5.56 Å². The smallest absolute Gasteiger partial charge is 0.180 e. The molecule has 0 fully saturated rings. The van der Waals surface area contributed by atoms with Crippen molar-refractivity contribution in [2.75, 3.05) is 0 Å². The molecule has 1 aliphatic heterocycles. The first-order chi connectivity index (χ1) is 5.79. The standard InChI is InChI=1S/C9H6BrFO/c10-7-4-3-6-2-1-5-12-9(6)8(7)11/h1,3-5H,2H2. The van der Waals surface area contributed by atoms with Gasteiger partial charge in [0.1, 0.15) is 0 Å². The zero-order valence-corrected chi connectivity index (χ0v) is 7.77. The molecule has 12 heavy (non-hydrogen) atoms. The lowest BCUT2D eigenvalue weighted by molar-refractivity contribution is 0.424. The van der Waals surface area contributed by atoms with Crippen LogP contribution in [0.25, 0.3) is 0 Å². The maximum Gasteiger partial charge on any atom is 0.180 e. The van der Waals surface area contributed by atoms with E-state index >= 15 is 0 Å². The summed E-state index contributed by atoms with van der Waals surface area (Å²) >= 11 is 3.10. The van der Waals surface area contributed by atoms with Gasteiger partial charge in [-0.25, -0.2) is 4.39 Å². The Bertz CT molecular complexity index is 347. The minimum absolute atomic E-state index is 0.322. The van der Waals surface area contributed by atoms with Gasteiger partial charge in [-0.2, -0.15) is 0 Å². The van der Waals surface area contributed by atoms with Crippen molar-refractivity contribution < 1.29 is 9.13 Å². The van der Waals surface area contributed by atoms with Crippen molar-refractivity contribution in [2.24, 2.45) is 0 Å². The van der Waals surface area contributed by atoms with Gasteiger partial charge >= 0.3 is 0 Å². The van der Waals surface area contributed by atoms with Crippen molar-refractivity contribution in [3.8, 4) is 5.75 Å². The maximum atomic E-state index is 13.3. The summed E-state index contributed by atoms with van der Waals surface area (Å²) in [6.07, 6.45) is 4.10. The molecule has 62 valence electrons. The Hall–Kier alpha value is -0.830. The van der Waals surface area contributed by atoms with Gasteiger partial charge in [-0.15, -0.1) is 0 Å². The van der Waals surface area contributed by atoms with Crippen molar-refractivity contribution in [1.29, 1.82) is 0 Å². The number of halogens is 2. The lowest BCUT2D eigenvalue weighted by Crippen LogP contribution is -1.99. The second kappa shape index (κ2) is 2.90. The average molecular weight is 229 g/mol. The van der Waals surface area contributed by atoms with Gasteiger partial charge in [-0.3, -0.25) is 0 Å². The van der Waals surface area contributed by atoms with Crippen LogP contribution in [0.5, 0.6) is 5.75 Å². The van der Waals surface area contributed by atoms with Crippen molar-refractivity contribution >= 4 is 15.9 Å². The topological polar surface area (TPSA) is 9.23 Å². The van der Waals surface area contributed by atoms with Crippen LogP contribution in [0.2, 0.25) is 0 Å². The van der Waals surface area contributed by atoms with E-state index in [0.29, 0.717) is 10.2 Å². The van der Waals surface area contributed by atoms with E-state index in [2.05, 4.69) is 15.9 Å². The molecule has 0 spiro atoms. The van der Waals surface area contributed by atoms with Crippen LogP contribution < -0.4 is 4.74 Å². The Morgan fingerprint density at radius 1 is 1.42 bits per heavy atom. The third-order valence-electron chi connectivity index (χ3n) is 1.75. The fourth-order valence-corrected chi connectivity index (χ4v) is 1.46. The van der Waals surface area contributed by atoms with Gasteiger partial charge in [-0.1, -0.05) is 6.07 Å². The fraction of sp³-hybridized carbons (Fsp3) is 0.111. The van der Waals surface area contributed by atoms with E-state index < -0.39 is 0 Å². The highest BCUT2D eigenvalue weighted by Gasteiger charge is 2.14. The minimum atomic E-state index is -0.322. The highest BCUT2D eigenvalue weighted by Crippen LogP contribution is 2.31. The molecule has 0 amide bonds. The van der Waals surface area contributed by atoms with E-state index in [-0.39, 0.29) is 5.82 Å². The van der Waals surface area contributed by atoms with Crippen LogP contribution in [0.15, 0.2) is 28.9 Å². The molecule has 0 radical (unpaired) electrons. The van der Waals surface area contributed by atoms with Gasteiger partial charge in [-0.05, 0) is 34.5 Å². The molecule has 1 nitrogen and oxygen atoms in total. The van der Waals surface area contributed by atoms with Crippen LogP contribution in [0.4, 0.5) is 4.39 Å². The van der Waals surface area contributed by atoms with Crippen LogP contribution >= 0.6 is 15.9 Å². The van der Waals surface area contributed by atoms with E-state index in [9.17, 15) is 4.39 Å². The number of hydrogen-bond donors (Lipinski definition) is 0. The van der Waals surface area contributed by atoms with Gasteiger partial charge in [0.2, 0.25) is 0 Å². The summed E-state index contributed by atoms with van der Waals surface area (Å²) in [5.74, 6) is 0.0173. The van der Waals surface area contributed by atoms with Crippen molar-refractivity contribution in [3.63, 3.8) is 0 Å². The minimum Gasteiger partial charge on any atom is -0.462 e. The summed E-state index contributed by atoms with van der Waals surface area (Å²) < 4.78 is 18.8. The van der Waals surface area contributed by atoms with Crippen molar-refractivity contribution in [2.45, 2.75) is 6.42 Å². The summed E-state index contributed by atoms with van der Waals surface area (Å²) in [6.45, 7) is 0. The number of rotatable bonds is 0. The van der Waals surface area contributed by atoms with Gasteiger partial charge in [0.15, 0.2) is 11.6 Å². The normalized spacial score (nSPS) is 13.8. The van der Waals surface area contributed by atoms with E-state index in [1.807, 2.05) is 12.1 Å². The molecule has 0 saturated carbocycles. The lowest BCUT2D eigenvalue weighted by Gasteiger charge is -2.12. The summed E-state index contributed by atoms with van der Waals surface area (Å²) in [7, 11) is 0. The summed E-state index contributed by atoms with van der Waals surface area (Å²) in [4.78, 5) is 0. The van der Waals surface area contributed by atoms with E-state index in [4.69, 9.17) is 4.74 Å². The molecule has 1 aliphatic rings. The van der Waals surface area contributed by atoms with Crippen LogP contribution in [0.3, 0.4) is 0 Å². The predicted octanol–water partition coefficient (Wildman–Crippen LogP) is 3.04. The maximum absolute atomic E-state index is 13.3. The molecule has 0 bridgehead atoms. The Morgan fingerprint density at radius 2 is 2.25 bits per heavy atom. The Kier molecular flexibility index (Phi) is 1.89. The summed E-state index contributed by atoms with van der Waals surface area (Å²) in [5, 5.41) is 0. The lowest BCUT2D eigenvalue weighted by atomic mass is 10.1. The third-order valence-corrected chi connectivity index (χ3v) is 2.36. The zero-order valence-electron chi connectivity index (χ0n) is 6.18. The van der Waals surface area contributed by atoms with Crippen LogP contribution in [-0.2, 0) is 6.42 Å². The quantitative estimate of drug-likeness (QED) is 0.664. The fourth-order valence-electron chi connectivity index (χ4n) is 1.15. The molecule has 1 heterocycles. The Balaban J connectivity index is 2.58. The monoisotopic (exact) mass is 228 g/mol. The van der Waals surface area contributed by atoms with Gasteiger partial charge < -0.3 is 4.74 Å². The van der Waals surface area contributed by atoms with Crippen LogP contribution in [0.1, 0.15) is 5.56 Å². The highest BCUT2D eigenvalue weighted by atomic mass is 79.9. The molecule has 0 unspecified atom stereocenters. The number of ether oxygens (including phenoxy) is 1. The molecule has 0 N–H and O–H groups in total. The second-order valence-electron chi connectivity index (χ2n) is 2.54. The molecule has 1 aromatic rings. The zero-order chi connectivity index (χ0) is 8.55. The second-order valence-corrected chi connectivity index (χ2v) is 3.40. The van der Waals surface area contributed by atoms with E-state index in [1.54, 1.807) is 6.07 Å². The van der Waals surface area contributed by atoms with Crippen molar-refractivity contribution in [1.82, 2.24) is 0 Å². The van der Waals surface area contributed by atoms with E-state index in [1.165, 1.54) is 6.26 Å². The molecule has 3 heteroatoms. The van der Waals surface area contributed by atoms with Crippen LogP contribution in [0, 0.1) is 5.82 Å². The molecule has 0 saturated heterocycles. The summed E-state index contributed by atoms with van der Waals surface area (Å²) in [5.41, 5.74) is 0.887. The van der Waals surface area contributed by atoms with Crippen LogP contribution in [-0.4, -0.2) is 0 Å². The highest BCUT2D eigenvalue weighted by molar-refractivity contribution is 9.10. The van der Waals surface area contributed by atoms with Gasteiger partial charge in [0.05, 0.1) is 10.7 Å². The molecular weight excluding hydrogens is 223 g/mol. The van der Waals surface area contributed by atoms with Crippen molar-refractivity contribution in [3.05, 3.63) is 40.3 Å².